The number of hydrogen-bond donors (Lipinski definition) is 2. The number of ether oxygens (including phenoxy) is 1. The fourth-order valence-electron chi connectivity index (χ4n) is 1.94. The zero-order valence-electron chi connectivity index (χ0n) is 11.1. The molecule has 2 rings (SSSR count). The zero-order valence-corrected chi connectivity index (χ0v) is 11.1. The van der Waals surface area contributed by atoms with Gasteiger partial charge in [0.2, 0.25) is 0 Å². The van der Waals surface area contributed by atoms with E-state index in [2.05, 4.69) is 4.74 Å². The van der Waals surface area contributed by atoms with Crippen molar-refractivity contribution < 1.29 is 19.7 Å². The number of aliphatic hydroxyl groups excluding tert-OH is 2. The Kier molecular flexibility index (Phi) is 4.50. The second kappa shape index (κ2) is 6.32. The van der Waals surface area contributed by atoms with E-state index >= 15 is 0 Å². The van der Waals surface area contributed by atoms with E-state index in [4.69, 9.17) is 0 Å². The molecule has 4 heteroatoms. The lowest BCUT2D eigenvalue weighted by atomic mass is 10.00. The Balaban J connectivity index is 2.18. The van der Waals surface area contributed by atoms with Gasteiger partial charge in [0.25, 0.3) is 0 Å². The lowest BCUT2D eigenvalue weighted by molar-refractivity contribution is -0.156. The maximum Gasteiger partial charge on any atom is 0.337 e. The van der Waals surface area contributed by atoms with Gasteiger partial charge < -0.3 is 14.9 Å². The number of benzene rings is 2. The summed E-state index contributed by atoms with van der Waals surface area (Å²) in [5.74, 6) is -0.857. The lowest BCUT2D eigenvalue weighted by Crippen LogP contribution is -2.28. The van der Waals surface area contributed by atoms with Crippen LogP contribution in [0.3, 0.4) is 0 Å². The van der Waals surface area contributed by atoms with Gasteiger partial charge >= 0.3 is 5.97 Å². The molecular formula is C16H16O4. The summed E-state index contributed by atoms with van der Waals surface area (Å²) >= 11 is 0. The molecular weight excluding hydrogens is 256 g/mol. The molecule has 0 aliphatic rings. The molecule has 0 fully saturated rings. The van der Waals surface area contributed by atoms with E-state index in [-0.39, 0.29) is 0 Å². The number of hydrogen-bond acceptors (Lipinski definition) is 4. The normalized spacial score (nSPS) is 13.6. The molecule has 0 bridgehead atoms. The summed E-state index contributed by atoms with van der Waals surface area (Å²) in [6.45, 7) is 0. The van der Waals surface area contributed by atoms with Crippen LogP contribution in [0.2, 0.25) is 0 Å². The minimum atomic E-state index is -1.58. The van der Waals surface area contributed by atoms with Crippen LogP contribution in [0.5, 0.6) is 0 Å². The van der Waals surface area contributed by atoms with Crippen LogP contribution >= 0.6 is 0 Å². The fraction of sp³-hybridized carbons (Fsp3) is 0.188. The fourth-order valence-corrected chi connectivity index (χ4v) is 1.94. The Morgan fingerprint density at radius 3 is 2.05 bits per heavy atom. The van der Waals surface area contributed by atoms with Crippen LogP contribution in [-0.2, 0) is 9.53 Å². The molecule has 2 atom stereocenters. The third-order valence-corrected chi connectivity index (χ3v) is 3.10. The lowest BCUT2D eigenvalue weighted by Gasteiger charge is -2.16. The van der Waals surface area contributed by atoms with Crippen molar-refractivity contribution in [1.82, 2.24) is 0 Å². The van der Waals surface area contributed by atoms with Crippen molar-refractivity contribution >= 4 is 5.97 Å². The summed E-state index contributed by atoms with van der Waals surface area (Å²) in [6, 6.07) is 16.8. The van der Waals surface area contributed by atoms with Crippen molar-refractivity contribution in [2.75, 3.05) is 7.11 Å². The second-order valence-electron chi connectivity index (χ2n) is 4.40. The topological polar surface area (TPSA) is 66.8 Å². The Bertz CT molecular complexity index is 563. The first-order chi connectivity index (χ1) is 9.63. The average molecular weight is 272 g/mol. The van der Waals surface area contributed by atoms with Crippen molar-refractivity contribution in [3.63, 3.8) is 0 Å². The van der Waals surface area contributed by atoms with Crippen molar-refractivity contribution in [3.05, 3.63) is 60.2 Å². The largest absolute Gasteiger partial charge is 0.467 e. The maximum absolute atomic E-state index is 11.2. The summed E-state index contributed by atoms with van der Waals surface area (Å²) in [5.41, 5.74) is 2.51. The highest BCUT2D eigenvalue weighted by Gasteiger charge is 2.26. The summed E-state index contributed by atoms with van der Waals surface area (Å²) in [4.78, 5) is 11.2. The van der Waals surface area contributed by atoms with E-state index in [9.17, 15) is 15.0 Å². The molecule has 0 spiro atoms. The molecule has 0 amide bonds. The van der Waals surface area contributed by atoms with Crippen LogP contribution in [0.25, 0.3) is 11.1 Å². The van der Waals surface area contributed by atoms with Crippen molar-refractivity contribution in [1.29, 1.82) is 0 Å². The molecule has 2 aromatic rings. The van der Waals surface area contributed by atoms with Crippen molar-refractivity contribution in [3.8, 4) is 11.1 Å². The van der Waals surface area contributed by atoms with E-state index in [0.29, 0.717) is 5.56 Å². The molecule has 4 nitrogen and oxygen atoms in total. The molecule has 0 aliphatic carbocycles. The number of carbonyl (C=O) groups excluding carboxylic acids is 1. The predicted molar refractivity (Wildman–Crippen MR) is 74.9 cm³/mol. The molecule has 0 aliphatic heterocycles. The standard InChI is InChI=1S/C16H16O4/c1-20-16(19)15(18)14(17)13-9-7-12(8-10-13)11-5-3-2-4-6-11/h2-10,14-15,17-18H,1H3. The highest BCUT2D eigenvalue weighted by Crippen LogP contribution is 2.23. The summed E-state index contributed by atoms with van der Waals surface area (Å²) < 4.78 is 4.40. The minimum absolute atomic E-state index is 0.461. The van der Waals surface area contributed by atoms with E-state index in [1.54, 1.807) is 12.1 Å². The van der Waals surface area contributed by atoms with Gasteiger partial charge in [0.05, 0.1) is 7.11 Å². The van der Waals surface area contributed by atoms with E-state index in [1.165, 1.54) is 0 Å². The molecule has 0 aromatic heterocycles. The number of rotatable bonds is 4. The summed E-state index contributed by atoms with van der Waals surface area (Å²) in [7, 11) is 1.16. The molecule has 20 heavy (non-hydrogen) atoms. The highest BCUT2D eigenvalue weighted by atomic mass is 16.5. The molecule has 0 heterocycles. The average Bonchev–Trinajstić information content (AvgIpc) is 2.53. The smallest absolute Gasteiger partial charge is 0.337 e. The molecule has 104 valence electrons. The number of methoxy groups -OCH3 is 1. The van der Waals surface area contributed by atoms with Crippen LogP contribution in [-0.4, -0.2) is 29.4 Å². The highest BCUT2D eigenvalue weighted by molar-refractivity contribution is 5.75. The molecule has 2 aromatic carbocycles. The third-order valence-electron chi connectivity index (χ3n) is 3.10. The van der Waals surface area contributed by atoms with Crippen molar-refractivity contribution in [2.45, 2.75) is 12.2 Å². The quantitative estimate of drug-likeness (QED) is 0.834. The Hall–Kier alpha value is -2.17. The van der Waals surface area contributed by atoms with E-state index in [0.717, 1.165) is 18.2 Å². The van der Waals surface area contributed by atoms with Gasteiger partial charge in [-0.3, -0.25) is 0 Å². The minimum Gasteiger partial charge on any atom is -0.467 e. The van der Waals surface area contributed by atoms with Gasteiger partial charge in [0.1, 0.15) is 6.10 Å². The molecule has 2 unspecified atom stereocenters. The molecule has 0 radical (unpaired) electrons. The van der Waals surface area contributed by atoms with Gasteiger partial charge in [-0.2, -0.15) is 0 Å². The van der Waals surface area contributed by atoms with Gasteiger partial charge in [0.15, 0.2) is 6.10 Å². The molecule has 0 saturated carbocycles. The van der Waals surface area contributed by atoms with E-state index in [1.807, 2.05) is 42.5 Å². The van der Waals surface area contributed by atoms with Crippen LogP contribution in [0.1, 0.15) is 11.7 Å². The first kappa shape index (κ1) is 14.2. The zero-order chi connectivity index (χ0) is 14.5. The maximum atomic E-state index is 11.2. The Morgan fingerprint density at radius 2 is 1.50 bits per heavy atom. The Labute approximate surface area is 117 Å². The van der Waals surface area contributed by atoms with Gasteiger partial charge in [0, 0.05) is 0 Å². The molecule has 2 N–H and O–H groups in total. The number of esters is 1. The predicted octanol–water partition coefficient (Wildman–Crippen LogP) is 1.92. The Morgan fingerprint density at radius 1 is 0.950 bits per heavy atom. The number of carbonyl (C=O) groups is 1. The van der Waals surface area contributed by atoms with Crippen LogP contribution in [0, 0.1) is 0 Å². The van der Waals surface area contributed by atoms with Gasteiger partial charge in [-0.15, -0.1) is 0 Å². The van der Waals surface area contributed by atoms with E-state index < -0.39 is 18.2 Å². The van der Waals surface area contributed by atoms with Crippen LogP contribution in [0.15, 0.2) is 54.6 Å². The summed E-state index contributed by atoms with van der Waals surface area (Å²) in [6.07, 6.45) is -2.88. The monoisotopic (exact) mass is 272 g/mol. The summed E-state index contributed by atoms with van der Waals surface area (Å²) in [5, 5.41) is 19.5. The SMILES string of the molecule is COC(=O)C(O)C(O)c1ccc(-c2ccccc2)cc1. The van der Waals surface area contributed by atoms with Gasteiger partial charge in [-0.05, 0) is 16.7 Å². The van der Waals surface area contributed by atoms with Gasteiger partial charge in [-0.25, -0.2) is 4.79 Å². The second-order valence-corrected chi connectivity index (χ2v) is 4.40. The van der Waals surface area contributed by atoms with Gasteiger partial charge in [-0.1, -0.05) is 54.6 Å². The third kappa shape index (κ3) is 3.04. The number of aliphatic hydroxyl groups is 2. The van der Waals surface area contributed by atoms with Crippen LogP contribution in [0.4, 0.5) is 0 Å². The first-order valence-electron chi connectivity index (χ1n) is 6.23. The van der Waals surface area contributed by atoms with Crippen molar-refractivity contribution in [2.24, 2.45) is 0 Å². The van der Waals surface area contributed by atoms with Crippen LogP contribution < -0.4 is 0 Å². The molecule has 0 saturated heterocycles. The first-order valence-corrected chi connectivity index (χ1v) is 6.23.